The molecule has 1 N–H and O–H groups in total. The van der Waals surface area contributed by atoms with Crippen molar-refractivity contribution in [1.29, 1.82) is 0 Å². The van der Waals surface area contributed by atoms with Gasteiger partial charge in [0.2, 0.25) is 15.9 Å². The van der Waals surface area contributed by atoms with Crippen molar-refractivity contribution in [3.63, 3.8) is 0 Å². The average molecular weight is 433 g/mol. The molecule has 0 unspecified atom stereocenters. The Morgan fingerprint density at radius 2 is 1.45 bits per heavy atom. The first-order chi connectivity index (χ1) is 13.6. The maximum absolute atomic E-state index is 12.8. The van der Waals surface area contributed by atoms with Gasteiger partial charge in [0.25, 0.3) is 0 Å². The van der Waals surface area contributed by atoms with Gasteiger partial charge in [-0.2, -0.15) is 4.31 Å². The molecular formula is C20H20N2O5S2. The topological polar surface area (TPSA) is 101 Å². The van der Waals surface area contributed by atoms with Gasteiger partial charge in [-0.05, 0) is 47.2 Å². The molecule has 29 heavy (non-hydrogen) atoms. The van der Waals surface area contributed by atoms with E-state index < -0.39 is 25.8 Å². The van der Waals surface area contributed by atoms with Crippen LogP contribution >= 0.6 is 0 Å². The number of fused-ring (bicyclic) bond motifs is 1. The minimum atomic E-state index is -3.85. The Bertz CT molecular complexity index is 1270. The Kier molecular flexibility index (Phi) is 5.74. The molecule has 0 aromatic heterocycles. The predicted molar refractivity (Wildman–Crippen MR) is 112 cm³/mol. The molecule has 0 aliphatic carbocycles. The van der Waals surface area contributed by atoms with Crippen molar-refractivity contribution in [3.05, 3.63) is 66.7 Å². The van der Waals surface area contributed by atoms with Gasteiger partial charge >= 0.3 is 0 Å². The van der Waals surface area contributed by atoms with Gasteiger partial charge in [-0.1, -0.05) is 30.3 Å². The van der Waals surface area contributed by atoms with E-state index in [9.17, 15) is 21.6 Å². The van der Waals surface area contributed by atoms with Gasteiger partial charge in [0.1, 0.15) is 0 Å². The van der Waals surface area contributed by atoms with Crippen LogP contribution in [0.2, 0.25) is 0 Å². The number of nitrogens with zero attached hydrogens (tertiary/aromatic N) is 1. The van der Waals surface area contributed by atoms with Crippen molar-refractivity contribution in [1.82, 2.24) is 4.31 Å². The molecule has 152 valence electrons. The normalized spacial score (nSPS) is 12.2. The highest BCUT2D eigenvalue weighted by atomic mass is 32.2. The van der Waals surface area contributed by atoms with Crippen molar-refractivity contribution >= 4 is 42.2 Å². The molecule has 0 atom stereocenters. The number of sulfone groups is 1. The lowest BCUT2D eigenvalue weighted by Gasteiger charge is -2.17. The molecule has 0 spiro atoms. The minimum Gasteiger partial charge on any atom is -0.325 e. The maximum Gasteiger partial charge on any atom is 0.243 e. The largest absolute Gasteiger partial charge is 0.325 e. The van der Waals surface area contributed by atoms with E-state index in [1.165, 1.54) is 37.4 Å². The number of sulfonamides is 1. The van der Waals surface area contributed by atoms with Gasteiger partial charge in [0.05, 0.1) is 16.3 Å². The fraction of sp³-hybridized carbons (Fsp3) is 0.150. The minimum absolute atomic E-state index is 0.101. The number of anilines is 1. The lowest BCUT2D eigenvalue weighted by Crippen LogP contribution is -2.34. The van der Waals surface area contributed by atoms with Gasteiger partial charge in [-0.3, -0.25) is 4.79 Å². The Morgan fingerprint density at radius 3 is 2.07 bits per heavy atom. The van der Waals surface area contributed by atoms with Crippen LogP contribution in [0.15, 0.2) is 76.5 Å². The number of likely N-dealkylation sites (N-methyl/N-ethyl adjacent to an activating group) is 1. The van der Waals surface area contributed by atoms with E-state index in [1.54, 1.807) is 12.1 Å². The summed E-state index contributed by atoms with van der Waals surface area (Å²) in [5.41, 5.74) is 0.374. The third-order valence-corrected chi connectivity index (χ3v) is 7.29. The number of carbonyl (C=O) groups is 1. The van der Waals surface area contributed by atoms with E-state index in [2.05, 4.69) is 5.32 Å². The van der Waals surface area contributed by atoms with Crippen LogP contribution in [-0.4, -0.2) is 46.9 Å². The number of carbonyl (C=O) groups excluding carboxylic acids is 1. The maximum atomic E-state index is 12.8. The van der Waals surface area contributed by atoms with Crippen molar-refractivity contribution in [2.24, 2.45) is 0 Å². The average Bonchev–Trinajstić information content (AvgIpc) is 2.67. The molecule has 0 heterocycles. The quantitative estimate of drug-likeness (QED) is 0.645. The van der Waals surface area contributed by atoms with Crippen molar-refractivity contribution < 1.29 is 21.6 Å². The summed E-state index contributed by atoms with van der Waals surface area (Å²) in [6.45, 7) is -0.386. The predicted octanol–water partition coefficient (Wildman–Crippen LogP) is 2.50. The highest BCUT2D eigenvalue weighted by Crippen LogP contribution is 2.21. The number of amides is 1. The summed E-state index contributed by atoms with van der Waals surface area (Å²) in [6, 6.07) is 17.9. The van der Waals surface area contributed by atoms with E-state index >= 15 is 0 Å². The van der Waals surface area contributed by atoms with Gasteiger partial charge in [0, 0.05) is 19.0 Å². The summed E-state index contributed by atoms with van der Waals surface area (Å²) < 4.78 is 49.5. The fourth-order valence-electron chi connectivity index (χ4n) is 2.78. The first kappa shape index (κ1) is 21.0. The summed E-state index contributed by atoms with van der Waals surface area (Å²) in [4.78, 5) is 12.5. The molecule has 0 aliphatic heterocycles. The summed E-state index contributed by atoms with van der Waals surface area (Å²) in [5, 5.41) is 4.27. The van der Waals surface area contributed by atoms with Crippen LogP contribution in [0.25, 0.3) is 10.8 Å². The highest BCUT2D eigenvalue weighted by Gasteiger charge is 2.23. The number of benzene rings is 3. The van der Waals surface area contributed by atoms with E-state index in [4.69, 9.17) is 0 Å². The molecule has 0 aliphatic rings. The number of rotatable bonds is 6. The molecule has 3 aromatic rings. The third kappa shape index (κ3) is 4.81. The standard InChI is InChI=1S/C20H20N2O5S2/c1-22(14-20(23)21-17-8-11-18(12-9-17)28(2,24)25)29(26,27)19-10-7-15-5-3-4-6-16(15)13-19/h3-13H,14H2,1-2H3,(H,21,23). The number of hydrogen-bond donors (Lipinski definition) is 1. The Hall–Kier alpha value is -2.75. The van der Waals surface area contributed by atoms with E-state index in [-0.39, 0.29) is 16.3 Å². The second-order valence-electron chi connectivity index (χ2n) is 6.61. The van der Waals surface area contributed by atoms with E-state index in [1.807, 2.05) is 24.3 Å². The van der Waals surface area contributed by atoms with E-state index in [0.717, 1.165) is 21.3 Å². The molecule has 9 heteroatoms. The van der Waals surface area contributed by atoms with Gasteiger partial charge in [-0.15, -0.1) is 0 Å². The summed E-state index contributed by atoms with van der Waals surface area (Å²) in [6.07, 6.45) is 1.09. The highest BCUT2D eigenvalue weighted by molar-refractivity contribution is 7.90. The molecule has 0 fully saturated rings. The summed E-state index contributed by atoms with van der Waals surface area (Å²) >= 11 is 0. The second kappa shape index (κ2) is 7.94. The molecular weight excluding hydrogens is 412 g/mol. The van der Waals surface area contributed by atoms with E-state index in [0.29, 0.717) is 5.69 Å². The summed E-state index contributed by atoms with van der Waals surface area (Å²) in [5.74, 6) is -0.538. The molecule has 3 aromatic carbocycles. The van der Waals surface area contributed by atoms with Gasteiger partial charge in [0.15, 0.2) is 9.84 Å². The smallest absolute Gasteiger partial charge is 0.243 e. The van der Waals surface area contributed by atoms with Crippen LogP contribution in [0, 0.1) is 0 Å². The Balaban J connectivity index is 1.72. The Labute approximate surface area is 169 Å². The first-order valence-corrected chi connectivity index (χ1v) is 12.0. The van der Waals surface area contributed by atoms with Crippen molar-refractivity contribution in [2.45, 2.75) is 9.79 Å². The molecule has 1 amide bonds. The van der Waals surface area contributed by atoms with Gasteiger partial charge in [-0.25, -0.2) is 16.8 Å². The molecule has 7 nitrogen and oxygen atoms in total. The van der Waals surface area contributed by atoms with Crippen molar-refractivity contribution in [3.8, 4) is 0 Å². The lowest BCUT2D eigenvalue weighted by molar-refractivity contribution is -0.116. The van der Waals surface area contributed by atoms with Crippen LogP contribution in [-0.2, 0) is 24.7 Å². The molecule has 0 saturated carbocycles. The molecule has 0 radical (unpaired) electrons. The van der Waals surface area contributed by atoms with Crippen LogP contribution in [0.4, 0.5) is 5.69 Å². The molecule has 0 saturated heterocycles. The zero-order valence-electron chi connectivity index (χ0n) is 15.9. The number of hydrogen-bond acceptors (Lipinski definition) is 5. The van der Waals surface area contributed by atoms with Crippen molar-refractivity contribution in [2.75, 3.05) is 25.2 Å². The monoisotopic (exact) mass is 432 g/mol. The van der Waals surface area contributed by atoms with Crippen LogP contribution in [0.1, 0.15) is 0 Å². The number of nitrogens with one attached hydrogen (secondary N) is 1. The fourth-order valence-corrected chi connectivity index (χ4v) is 4.57. The lowest BCUT2D eigenvalue weighted by atomic mass is 10.1. The molecule has 0 bridgehead atoms. The van der Waals surface area contributed by atoms with Crippen LogP contribution < -0.4 is 5.32 Å². The molecule has 3 rings (SSSR count). The van der Waals surface area contributed by atoms with Gasteiger partial charge < -0.3 is 5.32 Å². The summed E-state index contributed by atoms with van der Waals surface area (Å²) in [7, 11) is -5.85. The zero-order chi connectivity index (χ0) is 21.2. The zero-order valence-corrected chi connectivity index (χ0v) is 17.5. The van der Waals surface area contributed by atoms with Crippen LogP contribution in [0.3, 0.4) is 0 Å². The SMILES string of the molecule is CN(CC(=O)Nc1ccc(S(C)(=O)=O)cc1)S(=O)(=O)c1ccc2ccccc2c1. The second-order valence-corrected chi connectivity index (χ2v) is 10.7. The first-order valence-electron chi connectivity index (χ1n) is 8.62. The third-order valence-electron chi connectivity index (χ3n) is 4.36. The van der Waals surface area contributed by atoms with Crippen LogP contribution in [0.5, 0.6) is 0 Å². The Morgan fingerprint density at radius 1 is 0.862 bits per heavy atom.